The molecule has 2 nitrogen and oxygen atoms in total. The van der Waals surface area contributed by atoms with Gasteiger partial charge in [-0.2, -0.15) is 0 Å². The first-order valence-electron chi connectivity index (χ1n) is 5.58. The first-order chi connectivity index (χ1) is 8.97. The van der Waals surface area contributed by atoms with Crippen molar-refractivity contribution in [3.8, 4) is 11.5 Å². The third kappa shape index (κ3) is 3.55. The van der Waals surface area contributed by atoms with Crippen LogP contribution in [0.25, 0.3) is 0 Å². The molecule has 2 aromatic carbocycles. The van der Waals surface area contributed by atoms with Gasteiger partial charge in [-0.05, 0) is 42.8 Å². The van der Waals surface area contributed by atoms with Crippen molar-refractivity contribution < 1.29 is 14.2 Å². The molecule has 0 unspecified atom stereocenters. The van der Waals surface area contributed by atoms with Crippen LogP contribution in [0.15, 0.2) is 45.3 Å². The zero-order valence-corrected chi connectivity index (χ0v) is 13.2. The zero-order valence-electron chi connectivity index (χ0n) is 10.0. The van der Waals surface area contributed by atoms with Crippen molar-refractivity contribution in [3.05, 3.63) is 56.7 Å². The van der Waals surface area contributed by atoms with E-state index < -0.39 is 11.9 Å². The van der Waals surface area contributed by atoms with Crippen molar-refractivity contribution in [3.63, 3.8) is 0 Å². The quantitative estimate of drug-likeness (QED) is 0.781. The summed E-state index contributed by atoms with van der Waals surface area (Å²) in [5.41, 5.74) is 0.753. The minimum absolute atomic E-state index is 0.153. The summed E-state index contributed by atoms with van der Waals surface area (Å²) in [5, 5.41) is 9.52. The predicted octanol–water partition coefficient (Wildman–Crippen LogP) is 5.20. The lowest BCUT2D eigenvalue weighted by molar-refractivity contribution is 0.198. The normalized spacial score (nSPS) is 12.3. The summed E-state index contributed by atoms with van der Waals surface area (Å²) in [6.45, 7) is 1.68. The molecule has 2 rings (SSSR count). The molecule has 0 saturated heterocycles. The molecule has 1 N–H and O–H groups in total. The lowest BCUT2D eigenvalue weighted by Gasteiger charge is -2.11. The summed E-state index contributed by atoms with van der Waals surface area (Å²) in [6, 6.07) is 9.72. The Hall–Kier alpha value is -0.910. The van der Waals surface area contributed by atoms with E-state index in [1.165, 1.54) is 6.07 Å². The van der Waals surface area contributed by atoms with E-state index in [0.717, 1.165) is 10.0 Å². The van der Waals surface area contributed by atoms with Gasteiger partial charge in [-0.25, -0.2) is 4.39 Å². The summed E-state index contributed by atoms with van der Waals surface area (Å²) in [6.07, 6.45) is -0.576. The molecule has 0 radical (unpaired) electrons. The summed E-state index contributed by atoms with van der Waals surface area (Å²) in [4.78, 5) is 0. The van der Waals surface area contributed by atoms with Crippen LogP contribution in [0.4, 0.5) is 4.39 Å². The molecular formula is C14H11Br2FO2. The van der Waals surface area contributed by atoms with E-state index in [0.29, 0.717) is 10.2 Å². The molecule has 5 heteroatoms. The highest BCUT2D eigenvalue weighted by Crippen LogP contribution is 2.31. The summed E-state index contributed by atoms with van der Waals surface area (Å²) in [7, 11) is 0. The fourth-order valence-electron chi connectivity index (χ4n) is 1.60. The van der Waals surface area contributed by atoms with Crippen LogP contribution >= 0.6 is 31.9 Å². The van der Waals surface area contributed by atoms with Gasteiger partial charge in [-0.3, -0.25) is 0 Å². The molecule has 0 bridgehead atoms. The van der Waals surface area contributed by atoms with Crippen LogP contribution < -0.4 is 4.74 Å². The fourth-order valence-corrected chi connectivity index (χ4v) is 2.62. The van der Waals surface area contributed by atoms with Gasteiger partial charge in [0.05, 0.1) is 6.10 Å². The summed E-state index contributed by atoms with van der Waals surface area (Å²) < 4.78 is 20.5. The van der Waals surface area contributed by atoms with E-state index in [4.69, 9.17) is 4.74 Å². The second-order valence-electron chi connectivity index (χ2n) is 4.04. The fraction of sp³-hybridized carbons (Fsp3) is 0.143. The molecule has 2 aromatic rings. The number of halogens is 3. The van der Waals surface area contributed by atoms with Gasteiger partial charge in [0, 0.05) is 8.95 Å². The molecule has 19 heavy (non-hydrogen) atoms. The topological polar surface area (TPSA) is 29.5 Å². The average Bonchev–Trinajstić information content (AvgIpc) is 2.32. The standard InChI is InChI=1S/C14H11Br2FO2/c1-8(18)11-4-3-10(7-12(11)16)19-14-5-2-9(15)6-13(14)17/h2-8,18H,1H3/t8-/m0/s1. The minimum Gasteiger partial charge on any atom is -0.454 e. The lowest BCUT2D eigenvalue weighted by atomic mass is 10.1. The van der Waals surface area contributed by atoms with Crippen LogP contribution in [-0.2, 0) is 0 Å². The molecule has 0 spiro atoms. The number of benzene rings is 2. The first-order valence-corrected chi connectivity index (χ1v) is 7.16. The van der Waals surface area contributed by atoms with Crippen molar-refractivity contribution >= 4 is 31.9 Å². The van der Waals surface area contributed by atoms with Crippen molar-refractivity contribution in [1.82, 2.24) is 0 Å². The Morgan fingerprint density at radius 2 is 1.89 bits per heavy atom. The smallest absolute Gasteiger partial charge is 0.166 e. The Labute approximate surface area is 127 Å². The molecule has 1 atom stereocenters. The molecule has 100 valence electrons. The van der Waals surface area contributed by atoms with E-state index >= 15 is 0 Å². The Bertz CT molecular complexity index is 600. The second-order valence-corrected chi connectivity index (χ2v) is 5.81. The van der Waals surface area contributed by atoms with E-state index in [-0.39, 0.29) is 5.75 Å². The third-order valence-corrected chi connectivity index (χ3v) is 3.72. The van der Waals surface area contributed by atoms with E-state index in [2.05, 4.69) is 31.9 Å². The molecule has 0 aromatic heterocycles. The van der Waals surface area contributed by atoms with Crippen LogP contribution in [0.2, 0.25) is 0 Å². The van der Waals surface area contributed by atoms with Crippen LogP contribution in [0, 0.1) is 5.82 Å². The third-order valence-electron chi connectivity index (χ3n) is 2.54. The largest absolute Gasteiger partial charge is 0.454 e. The van der Waals surface area contributed by atoms with Gasteiger partial charge in [0.2, 0.25) is 0 Å². The Kier molecular flexibility index (Phi) is 4.60. The summed E-state index contributed by atoms with van der Waals surface area (Å²) >= 11 is 6.54. The number of hydrogen-bond acceptors (Lipinski definition) is 2. The van der Waals surface area contributed by atoms with Gasteiger partial charge >= 0.3 is 0 Å². The number of rotatable bonds is 3. The van der Waals surface area contributed by atoms with Gasteiger partial charge in [-0.1, -0.05) is 37.9 Å². The molecule has 0 heterocycles. The van der Waals surface area contributed by atoms with Gasteiger partial charge in [0.15, 0.2) is 11.6 Å². The first kappa shape index (κ1) is 14.5. The average molecular weight is 390 g/mol. The highest BCUT2D eigenvalue weighted by molar-refractivity contribution is 9.10. The molecule has 0 amide bonds. The zero-order chi connectivity index (χ0) is 14.0. The number of aliphatic hydroxyl groups is 1. The van der Waals surface area contributed by atoms with Crippen molar-refractivity contribution in [1.29, 1.82) is 0 Å². The lowest BCUT2D eigenvalue weighted by Crippen LogP contribution is -1.94. The highest BCUT2D eigenvalue weighted by atomic mass is 79.9. The van der Waals surface area contributed by atoms with E-state index in [1.54, 1.807) is 37.3 Å². The van der Waals surface area contributed by atoms with Gasteiger partial charge in [0.1, 0.15) is 5.75 Å². The van der Waals surface area contributed by atoms with Crippen molar-refractivity contribution in [2.75, 3.05) is 0 Å². The Morgan fingerprint density at radius 1 is 1.16 bits per heavy atom. The maximum Gasteiger partial charge on any atom is 0.166 e. The molecule has 0 fully saturated rings. The van der Waals surface area contributed by atoms with Gasteiger partial charge in [0.25, 0.3) is 0 Å². The number of ether oxygens (including phenoxy) is 1. The van der Waals surface area contributed by atoms with Crippen LogP contribution in [0.3, 0.4) is 0 Å². The van der Waals surface area contributed by atoms with Crippen LogP contribution in [0.5, 0.6) is 11.5 Å². The second kappa shape index (κ2) is 6.03. The maximum absolute atomic E-state index is 13.6. The monoisotopic (exact) mass is 388 g/mol. The highest BCUT2D eigenvalue weighted by Gasteiger charge is 2.09. The molecule has 0 aliphatic heterocycles. The molecule has 0 aliphatic carbocycles. The van der Waals surface area contributed by atoms with Crippen molar-refractivity contribution in [2.24, 2.45) is 0 Å². The van der Waals surface area contributed by atoms with Crippen molar-refractivity contribution in [2.45, 2.75) is 13.0 Å². The maximum atomic E-state index is 13.6. The molecule has 0 aliphatic rings. The molecular weight excluding hydrogens is 379 g/mol. The van der Waals surface area contributed by atoms with Crippen LogP contribution in [-0.4, -0.2) is 5.11 Å². The summed E-state index contributed by atoms with van der Waals surface area (Å²) in [5.74, 6) is 0.211. The van der Waals surface area contributed by atoms with E-state index in [1.807, 2.05) is 0 Å². The molecule has 0 saturated carbocycles. The number of hydrogen-bond donors (Lipinski definition) is 1. The number of aliphatic hydroxyl groups excluding tert-OH is 1. The SMILES string of the molecule is C[C@H](O)c1ccc(Oc2ccc(Br)cc2F)cc1Br. The van der Waals surface area contributed by atoms with Gasteiger partial charge in [-0.15, -0.1) is 0 Å². The van der Waals surface area contributed by atoms with Gasteiger partial charge < -0.3 is 9.84 Å². The van der Waals surface area contributed by atoms with Crippen LogP contribution in [0.1, 0.15) is 18.6 Å². The Morgan fingerprint density at radius 3 is 2.47 bits per heavy atom. The van der Waals surface area contributed by atoms with E-state index in [9.17, 15) is 9.50 Å². The predicted molar refractivity (Wildman–Crippen MR) is 78.9 cm³/mol. The Balaban J connectivity index is 2.26. The minimum atomic E-state index is -0.576.